The van der Waals surface area contributed by atoms with Gasteiger partial charge in [-0.2, -0.15) is 0 Å². The number of halogens is 1. The number of benzene rings is 2. The zero-order valence-corrected chi connectivity index (χ0v) is 15.6. The van der Waals surface area contributed by atoms with Gasteiger partial charge in [0.05, 0.1) is 17.4 Å². The summed E-state index contributed by atoms with van der Waals surface area (Å²) in [5.41, 5.74) is 2.45. The van der Waals surface area contributed by atoms with Crippen molar-refractivity contribution in [2.45, 2.75) is 11.0 Å². The van der Waals surface area contributed by atoms with Gasteiger partial charge in [0.2, 0.25) is 0 Å². The Bertz CT molecular complexity index is 715. The quantitative estimate of drug-likeness (QED) is 0.764. The van der Waals surface area contributed by atoms with Gasteiger partial charge in [-0.3, -0.25) is 4.79 Å². The molecule has 0 bridgehead atoms. The average molecular weight is 380 g/mol. The molecule has 1 heterocycles. The van der Waals surface area contributed by atoms with Crippen LogP contribution in [0.5, 0.6) is 5.75 Å². The Kier molecular flexibility index (Phi) is 5.98. The zero-order valence-electron chi connectivity index (χ0n) is 13.3. The second-order valence-electron chi connectivity index (χ2n) is 5.35. The fourth-order valence-electron chi connectivity index (χ4n) is 2.44. The highest BCUT2D eigenvalue weighted by atomic mass is 35.5. The number of amides is 1. The number of nitrogens with one attached hydrogen (secondary N) is 1. The van der Waals surface area contributed by atoms with Crippen LogP contribution in [0.15, 0.2) is 42.5 Å². The van der Waals surface area contributed by atoms with Gasteiger partial charge in [-0.05, 0) is 53.8 Å². The van der Waals surface area contributed by atoms with Gasteiger partial charge in [0.1, 0.15) is 5.75 Å². The first-order chi connectivity index (χ1) is 11.7. The molecule has 3 rings (SSSR count). The summed E-state index contributed by atoms with van der Waals surface area (Å²) in [7, 11) is 1.56. The molecule has 2 aromatic carbocycles. The number of hydrogen-bond acceptors (Lipinski definition) is 4. The maximum Gasteiger partial charge on any atom is 0.255 e. The molecule has 1 saturated heterocycles. The second-order valence-corrected chi connectivity index (χ2v) is 8.51. The number of anilines is 1. The molecule has 2 aromatic rings. The summed E-state index contributed by atoms with van der Waals surface area (Å²) in [5.74, 6) is 2.81. The van der Waals surface area contributed by atoms with Crippen LogP contribution in [0.4, 0.5) is 5.69 Å². The fraction of sp³-hybridized carbons (Fsp3) is 0.278. The third-order valence-corrected chi connectivity index (χ3v) is 6.93. The van der Waals surface area contributed by atoms with Crippen molar-refractivity contribution in [3.8, 4) is 5.75 Å². The van der Waals surface area contributed by atoms with Gasteiger partial charge in [-0.25, -0.2) is 0 Å². The van der Waals surface area contributed by atoms with Crippen molar-refractivity contribution >= 4 is 46.7 Å². The van der Waals surface area contributed by atoms with E-state index < -0.39 is 0 Å². The molecule has 3 nitrogen and oxygen atoms in total. The van der Waals surface area contributed by atoms with Crippen molar-refractivity contribution in [1.29, 1.82) is 0 Å². The van der Waals surface area contributed by atoms with Crippen LogP contribution < -0.4 is 10.1 Å². The third kappa shape index (κ3) is 4.21. The van der Waals surface area contributed by atoms with E-state index in [0.717, 1.165) is 0 Å². The lowest BCUT2D eigenvalue weighted by atomic mass is 10.1. The van der Waals surface area contributed by atoms with Crippen LogP contribution in [0.25, 0.3) is 0 Å². The standard InChI is InChI=1S/C18H18ClNO2S2/c1-22-16-8-7-14(19)11-15(16)20-17(21)12-3-5-13(6-4-12)18-23-9-2-10-24-18/h3-8,11,18H,2,9-10H2,1H3,(H,20,21). The van der Waals surface area contributed by atoms with E-state index in [2.05, 4.69) is 5.32 Å². The molecule has 0 aliphatic carbocycles. The van der Waals surface area contributed by atoms with Crippen LogP contribution >= 0.6 is 35.1 Å². The van der Waals surface area contributed by atoms with Crippen LogP contribution in [0, 0.1) is 0 Å². The number of rotatable bonds is 4. The molecule has 126 valence electrons. The van der Waals surface area contributed by atoms with Crippen LogP contribution in [-0.2, 0) is 0 Å². The first-order valence-corrected chi connectivity index (χ1v) is 10.1. The molecule has 24 heavy (non-hydrogen) atoms. The molecular weight excluding hydrogens is 362 g/mol. The molecule has 1 amide bonds. The molecule has 0 radical (unpaired) electrons. The minimum Gasteiger partial charge on any atom is -0.495 e. The highest BCUT2D eigenvalue weighted by Crippen LogP contribution is 2.43. The summed E-state index contributed by atoms with van der Waals surface area (Å²) in [4.78, 5) is 12.5. The summed E-state index contributed by atoms with van der Waals surface area (Å²) in [6.07, 6.45) is 1.27. The molecule has 1 aliphatic heterocycles. The molecule has 1 aliphatic rings. The third-order valence-electron chi connectivity index (χ3n) is 3.68. The van der Waals surface area contributed by atoms with Crippen LogP contribution in [-0.4, -0.2) is 24.5 Å². The topological polar surface area (TPSA) is 38.3 Å². The Hall–Kier alpha value is -1.30. The summed E-state index contributed by atoms with van der Waals surface area (Å²) < 4.78 is 5.73. The number of carbonyl (C=O) groups is 1. The van der Waals surface area contributed by atoms with Gasteiger partial charge in [0, 0.05) is 10.6 Å². The van der Waals surface area contributed by atoms with E-state index in [0.29, 0.717) is 26.6 Å². The van der Waals surface area contributed by atoms with Crippen molar-refractivity contribution in [3.63, 3.8) is 0 Å². The Morgan fingerprint density at radius 1 is 1.17 bits per heavy atom. The minimum atomic E-state index is -0.175. The van der Waals surface area contributed by atoms with Gasteiger partial charge >= 0.3 is 0 Å². The van der Waals surface area contributed by atoms with E-state index in [4.69, 9.17) is 16.3 Å². The SMILES string of the molecule is COc1ccc(Cl)cc1NC(=O)c1ccc(C2SCCCS2)cc1. The van der Waals surface area contributed by atoms with Gasteiger partial charge in [0.15, 0.2) is 0 Å². The predicted octanol–water partition coefficient (Wildman–Crippen LogP) is 5.47. The van der Waals surface area contributed by atoms with Crippen molar-refractivity contribution in [2.75, 3.05) is 23.9 Å². The van der Waals surface area contributed by atoms with E-state index in [1.165, 1.54) is 23.5 Å². The Morgan fingerprint density at radius 3 is 2.54 bits per heavy atom. The molecule has 1 N–H and O–H groups in total. The van der Waals surface area contributed by atoms with E-state index in [1.54, 1.807) is 25.3 Å². The van der Waals surface area contributed by atoms with Crippen LogP contribution in [0.3, 0.4) is 0 Å². The van der Waals surface area contributed by atoms with Crippen molar-refractivity contribution < 1.29 is 9.53 Å². The lowest BCUT2D eigenvalue weighted by Gasteiger charge is -2.21. The second kappa shape index (κ2) is 8.19. The molecule has 0 spiro atoms. The van der Waals surface area contributed by atoms with Gasteiger partial charge in [-0.15, -0.1) is 23.5 Å². The first kappa shape index (κ1) is 17.5. The first-order valence-electron chi connectivity index (χ1n) is 7.65. The van der Waals surface area contributed by atoms with Crippen molar-refractivity contribution in [3.05, 3.63) is 58.6 Å². The highest BCUT2D eigenvalue weighted by Gasteiger charge is 2.17. The van der Waals surface area contributed by atoms with Crippen molar-refractivity contribution in [1.82, 2.24) is 0 Å². The fourth-order valence-corrected chi connectivity index (χ4v) is 5.51. The lowest BCUT2D eigenvalue weighted by Crippen LogP contribution is -2.12. The zero-order chi connectivity index (χ0) is 16.9. The van der Waals surface area contributed by atoms with E-state index in [-0.39, 0.29) is 5.91 Å². The smallest absolute Gasteiger partial charge is 0.255 e. The summed E-state index contributed by atoms with van der Waals surface area (Å²) in [5, 5.41) is 3.41. The maximum atomic E-state index is 12.5. The van der Waals surface area contributed by atoms with E-state index in [9.17, 15) is 4.79 Å². The molecule has 0 atom stereocenters. The Balaban J connectivity index is 1.72. The number of methoxy groups -OCH3 is 1. The normalized spacial score (nSPS) is 15.1. The number of thioether (sulfide) groups is 2. The maximum absolute atomic E-state index is 12.5. The predicted molar refractivity (Wildman–Crippen MR) is 105 cm³/mol. The molecule has 1 fully saturated rings. The van der Waals surface area contributed by atoms with Gasteiger partial charge in [0.25, 0.3) is 5.91 Å². The number of hydrogen-bond donors (Lipinski definition) is 1. The van der Waals surface area contributed by atoms with Crippen LogP contribution in [0.1, 0.15) is 26.9 Å². The van der Waals surface area contributed by atoms with Crippen LogP contribution in [0.2, 0.25) is 5.02 Å². The van der Waals surface area contributed by atoms with Gasteiger partial charge < -0.3 is 10.1 Å². The largest absolute Gasteiger partial charge is 0.495 e. The lowest BCUT2D eigenvalue weighted by molar-refractivity contribution is 0.102. The summed E-state index contributed by atoms with van der Waals surface area (Å²) >= 11 is 9.94. The monoisotopic (exact) mass is 379 g/mol. The molecule has 0 aromatic heterocycles. The Morgan fingerprint density at radius 2 is 1.88 bits per heavy atom. The van der Waals surface area contributed by atoms with E-state index in [1.807, 2.05) is 47.8 Å². The minimum absolute atomic E-state index is 0.175. The number of ether oxygens (including phenoxy) is 1. The summed E-state index contributed by atoms with van der Waals surface area (Å²) in [6, 6.07) is 13.0. The Labute approximate surface area is 155 Å². The average Bonchev–Trinajstić information content (AvgIpc) is 2.63. The molecule has 6 heteroatoms. The highest BCUT2D eigenvalue weighted by molar-refractivity contribution is 8.16. The molecule has 0 saturated carbocycles. The molecular formula is C18H18ClNO2S2. The van der Waals surface area contributed by atoms with Crippen molar-refractivity contribution in [2.24, 2.45) is 0 Å². The van der Waals surface area contributed by atoms with Gasteiger partial charge in [-0.1, -0.05) is 23.7 Å². The molecule has 0 unspecified atom stereocenters. The van der Waals surface area contributed by atoms with E-state index >= 15 is 0 Å². The summed E-state index contributed by atoms with van der Waals surface area (Å²) in [6.45, 7) is 0. The number of carbonyl (C=O) groups excluding carboxylic acids is 1.